The Morgan fingerprint density at radius 1 is 1.20 bits per heavy atom. The molecule has 0 aliphatic rings. The predicted molar refractivity (Wildman–Crippen MR) is 70.7 cm³/mol. The number of hydrogen-bond donors (Lipinski definition) is 1. The molecule has 0 rings (SSSR count). The van der Waals surface area contributed by atoms with Gasteiger partial charge in [-0.3, -0.25) is 0 Å². The second kappa shape index (κ2) is 10.8. The van der Waals surface area contributed by atoms with Crippen LogP contribution in [0.1, 0.15) is 34.1 Å². The molecule has 0 aromatic heterocycles. The zero-order valence-corrected chi connectivity index (χ0v) is 11.5. The first-order valence-electron chi connectivity index (χ1n) is 6.09. The summed E-state index contributed by atoms with van der Waals surface area (Å²) >= 11 is 2.02. The Morgan fingerprint density at radius 2 is 1.93 bits per heavy atom. The molecule has 1 atom stereocenters. The van der Waals surface area contributed by atoms with Crippen LogP contribution in [0.25, 0.3) is 0 Å². The molecular formula is C12H27NOS. The maximum Gasteiger partial charge on any atom is 0.0627 e. The number of rotatable bonds is 10. The Morgan fingerprint density at radius 3 is 2.47 bits per heavy atom. The topological polar surface area (TPSA) is 21.3 Å². The van der Waals surface area contributed by atoms with E-state index < -0.39 is 0 Å². The van der Waals surface area contributed by atoms with Crippen LogP contribution in [0.15, 0.2) is 0 Å². The summed E-state index contributed by atoms with van der Waals surface area (Å²) in [6, 6.07) is 0.519. The first kappa shape index (κ1) is 15.3. The van der Waals surface area contributed by atoms with Crippen LogP contribution in [0.5, 0.6) is 0 Å². The van der Waals surface area contributed by atoms with Crippen molar-refractivity contribution < 1.29 is 4.74 Å². The van der Waals surface area contributed by atoms with Gasteiger partial charge in [0, 0.05) is 18.4 Å². The molecule has 2 nitrogen and oxygen atoms in total. The molecule has 1 unspecified atom stereocenters. The standard InChI is InChI=1S/C12H27NOS/c1-5-7-14-8-12(13-6-2)10-15-9-11(3)4/h11-13H,5-10H2,1-4H3. The van der Waals surface area contributed by atoms with E-state index in [0.29, 0.717) is 6.04 Å². The van der Waals surface area contributed by atoms with Gasteiger partial charge >= 0.3 is 0 Å². The molecule has 0 saturated heterocycles. The highest BCUT2D eigenvalue weighted by atomic mass is 32.2. The van der Waals surface area contributed by atoms with E-state index >= 15 is 0 Å². The van der Waals surface area contributed by atoms with Crippen LogP contribution in [-0.4, -0.2) is 37.3 Å². The minimum absolute atomic E-state index is 0.519. The third kappa shape index (κ3) is 10.6. The van der Waals surface area contributed by atoms with Gasteiger partial charge in [0.25, 0.3) is 0 Å². The fraction of sp³-hybridized carbons (Fsp3) is 1.00. The normalized spacial score (nSPS) is 13.4. The van der Waals surface area contributed by atoms with Crippen LogP contribution in [0.4, 0.5) is 0 Å². The van der Waals surface area contributed by atoms with Crippen molar-refractivity contribution in [2.45, 2.75) is 40.2 Å². The summed E-state index contributed by atoms with van der Waals surface area (Å²) in [4.78, 5) is 0. The first-order chi connectivity index (χ1) is 7.20. The van der Waals surface area contributed by atoms with E-state index in [1.54, 1.807) is 0 Å². The van der Waals surface area contributed by atoms with Gasteiger partial charge in [-0.05, 0) is 24.6 Å². The zero-order valence-electron chi connectivity index (χ0n) is 10.7. The van der Waals surface area contributed by atoms with Gasteiger partial charge in [0.15, 0.2) is 0 Å². The molecule has 0 saturated carbocycles. The molecule has 0 aliphatic heterocycles. The molecule has 0 heterocycles. The van der Waals surface area contributed by atoms with E-state index in [0.717, 1.165) is 37.9 Å². The lowest BCUT2D eigenvalue weighted by atomic mass is 10.3. The van der Waals surface area contributed by atoms with Crippen molar-refractivity contribution >= 4 is 11.8 Å². The summed E-state index contributed by atoms with van der Waals surface area (Å²) in [6.07, 6.45) is 1.11. The van der Waals surface area contributed by atoms with Crippen molar-refractivity contribution in [2.75, 3.05) is 31.3 Å². The van der Waals surface area contributed by atoms with Crippen molar-refractivity contribution in [1.82, 2.24) is 5.32 Å². The van der Waals surface area contributed by atoms with Gasteiger partial charge < -0.3 is 10.1 Å². The van der Waals surface area contributed by atoms with Gasteiger partial charge in [-0.15, -0.1) is 0 Å². The minimum atomic E-state index is 0.519. The molecule has 0 amide bonds. The van der Waals surface area contributed by atoms with Crippen LogP contribution in [-0.2, 0) is 4.74 Å². The number of likely N-dealkylation sites (N-methyl/N-ethyl adjacent to an activating group) is 1. The Bertz CT molecular complexity index is 131. The van der Waals surface area contributed by atoms with E-state index in [1.165, 1.54) is 5.75 Å². The lowest BCUT2D eigenvalue weighted by Crippen LogP contribution is -2.35. The summed E-state index contributed by atoms with van der Waals surface area (Å²) in [6.45, 7) is 11.6. The van der Waals surface area contributed by atoms with Crippen molar-refractivity contribution in [3.63, 3.8) is 0 Å². The SMILES string of the molecule is CCCOCC(CSCC(C)C)NCC. The van der Waals surface area contributed by atoms with E-state index in [-0.39, 0.29) is 0 Å². The second-order valence-electron chi connectivity index (χ2n) is 4.26. The molecule has 1 N–H and O–H groups in total. The van der Waals surface area contributed by atoms with Crippen LogP contribution in [0.2, 0.25) is 0 Å². The van der Waals surface area contributed by atoms with Crippen LogP contribution >= 0.6 is 11.8 Å². The molecule has 0 radical (unpaired) electrons. The number of thioether (sulfide) groups is 1. The molecule has 3 heteroatoms. The van der Waals surface area contributed by atoms with Crippen molar-refractivity contribution in [2.24, 2.45) is 5.92 Å². The molecule has 0 aromatic rings. The summed E-state index contributed by atoms with van der Waals surface area (Å²) in [5, 5.41) is 3.47. The van der Waals surface area contributed by atoms with Gasteiger partial charge in [-0.2, -0.15) is 11.8 Å². The van der Waals surface area contributed by atoms with E-state index in [1.807, 2.05) is 11.8 Å². The molecule has 92 valence electrons. The average molecular weight is 233 g/mol. The van der Waals surface area contributed by atoms with E-state index in [4.69, 9.17) is 4.74 Å². The average Bonchev–Trinajstić information content (AvgIpc) is 2.17. The van der Waals surface area contributed by atoms with Crippen LogP contribution in [0.3, 0.4) is 0 Å². The summed E-state index contributed by atoms with van der Waals surface area (Å²) < 4.78 is 5.58. The Kier molecular flexibility index (Phi) is 11.0. The Labute approximate surface area is 99.5 Å². The number of ether oxygens (including phenoxy) is 1. The van der Waals surface area contributed by atoms with E-state index in [9.17, 15) is 0 Å². The van der Waals surface area contributed by atoms with Gasteiger partial charge in [-0.1, -0.05) is 27.7 Å². The quantitative estimate of drug-likeness (QED) is 0.586. The third-order valence-electron chi connectivity index (χ3n) is 1.93. The number of hydrogen-bond acceptors (Lipinski definition) is 3. The smallest absolute Gasteiger partial charge is 0.0627 e. The van der Waals surface area contributed by atoms with Gasteiger partial charge in [0.1, 0.15) is 0 Å². The molecule has 0 bridgehead atoms. The molecule has 0 spiro atoms. The maximum atomic E-state index is 5.58. The highest BCUT2D eigenvalue weighted by Gasteiger charge is 2.07. The fourth-order valence-electron chi connectivity index (χ4n) is 1.27. The van der Waals surface area contributed by atoms with Gasteiger partial charge in [-0.25, -0.2) is 0 Å². The molecular weight excluding hydrogens is 206 g/mol. The first-order valence-corrected chi connectivity index (χ1v) is 7.25. The predicted octanol–water partition coefficient (Wildman–Crippen LogP) is 2.78. The number of nitrogens with one attached hydrogen (secondary N) is 1. The summed E-state index contributed by atoms with van der Waals surface area (Å²) in [5.41, 5.74) is 0. The van der Waals surface area contributed by atoms with Crippen LogP contribution < -0.4 is 5.32 Å². The third-order valence-corrected chi connectivity index (χ3v) is 3.47. The van der Waals surface area contributed by atoms with Crippen LogP contribution in [0, 0.1) is 5.92 Å². The molecule has 0 aliphatic carbocycles. The maximum absolute atomic E-state index is 5.58. The largest absolute Gasteiger partial charge is 0.380 e. The van der Waals surface area contributed by atoms with Crippen molar-refractivity contribution in [3.05, 3.63) is 0 Å². The summed E-state index contributed by atoms with van der Waals surface area (Å²) in [5.74, 6) is 3.19. The highest BCUT2D eigenvalue weighted by Crippen LogP contribution is 2.09. The Balaban J connectivity index is 3.53. The fourth-order valence-corrected chi connectivity index (χ4v) is 2.38. The molecule has 0 fully saturated rings. The second-order valence-corrected chi connectivity index (χ2v) is 5.34. The monoisotopic (exact) mass is 233 g/mol. The Hall–Kier alpha value is 0.270. The van der Waals surface area contributed by atoms with Gasteiger partial charge in [0.2, 0.25) is 0 Å². The highest BCUT2D eigenvalue weighted by molar-refractivity contribution is 7.99. The van der Waals surface area contributed by atoms with E-state index in [2.05, 4.69) is 33.0 Å². The van der Waals surface area contributed by atoms with Gasteiger partial charge in [0.05, 0.1) is 6.61 Å². The van der Waals surface area contributed by atoms with Crippen molar-refractivity contribution in [1.29, 1.82) is 0 Å². The van der Waals surface area contributed by atoms with Crippen molar-refractivity contribution in [3.8, 4) is 0 Å². The summed E-state index contributed by atoms with van der Waals surface area (Å²) in [7, 11) is 0. The zero-order chi connectivity index (χ0) is 11.5. The lowest BCUT2D eigenvalue weighted by Gasteiger charge is -2.18. The molecule has 0 aromatic carbocycles. The lowest BCUT2D eigenvalue weighted by molar-refractivity contribution is 0.117. The molecule has 15 heavy (non-hydrogen) atoms. The minimum Gasteiger partial charge on any atom is -0.380 e.